The van der Waals surface area contributed by atoms with E-state index in [1.54, 1.807) is 6.92 Å². The van der Waals surface area contributed by atoms with Crippen LogP contribution in [0.15, 0.2) is 17.0 Å². The van der Waals surface area contributed by atoms with Crippen molar-refractivity contribution in [3.63, 3.8) is 0 Å². The van der Waals surface area contributed by atoms with Gasteiger partial charge in [0.1, 0.15) is 0 Å². The van der Waals surface area contributed by atoms with Gasteiger partial charge in [0, 0.05) is 5.56 Å². The molecule has 0 radical (unpaired) electrons. The van der Waals surface area contributed by atoms with Crippen LogP contribution < -0.4 is 0 Å². The summed E-state index contributed by atoms with van der Waals surface area (Å²) in [7, 11) is -4.06. The SMILES string of the molecule is CCc1c(C(=O)O)ccc(C(F)(Cl)Cl)c1S(=O)(=O)C(C)(C)C. The molecule has 0 aromatic heterocycles. The number of carbonyl (C=O) groups is 1. The Bertz CT molecular complexity index is 701. The zero-order chi connectivity index (χ0) is 17.5. The molecule has 0 aliphatic heterocycles. The van der Waals surface area contributed by atoms with E-state index in [1.165, 1.54) is 20.8 Å². The van der Waals surface area contributed by atoms with Gasteiger partial charge in [0.2, 0.25) is 0 Å². The van der Waals surface area contributed by atoms with Gasteiger partial charge in [0.15, 0.2) is 9.84 Å². The van der Waals surface area contributed by atoms with Gasteiger partial charge in [-0.05, 0) is 38.8 Å². The Morgan fingerprint density at radius 3 is 2.09 bits per heavy atom. The summed E-state index contributed by atoms with van der Waals surface area (Å²) >= 11 is 10.9. The van der Waals surface area contributed by atoms with Crippen LogP contribution in [0.4, 0.5) is 4.39 Å². The Kier molecular flexibility index (Phi) is 5.22. The summed E-state index contributed by atoms with van der Waals surface area (Å²) in [4.78, 5) is 10.9. The fourth-order valence-corrected chi connectivity index (χ4v) is 4.13. The quantitative estimate of drug-likeness (QED) is 0.810. The summed E-state index contributed by atoms with van der Waals surface area (Å²) in [5.74, 6) is -1.30. The van der Waals surface area contributed by atoms with E-state index in [1.807, 2.05) is 0 Å². The van der Waals surface area contributed by atoms with E-state index < -0.39 is 35.6 Å². The van der Waals surface area contributed by atoms with Gasteiger partial charge in [0.05, 0.1) is 15.2 Å². The molecule has 0 spiro atoms. The first-order valence-electron chi connectivity index (χ1n) is 6.46. The van der Waals surface area contributed by atoms with Crippen molar-refractivity contribution in [1.29, 1.82) is 0 Å². The Labute approximate surface area is 139 Å². The summed E-state index contributed by atoms with van der Waals surface area (Å²) in [6, 6.07) is 2.11. The molecule has 0 atom stereocenters. The molecule has 8 heteroatoms. The predicted molar refractivity (Wildman–Crippen MR) is 84.2 cm³/mol. The first-order valence-corrected chi connectivity index (χ1v) is 8.70. The number of rotatable bonds is 4. The Hall–Kier alpha value is -0.850. The van der Waals surface area contributed by atoms with E-state index in [2.05, 4.69) is 0 Å². The number of carboxylic acids is 1. The van der Waals surface area contributed by atoms with Crippen molar-refractivity contribution in [2.75, 3.05) is 0 Å². The largest absolute Gasteiger partial charge is 0.478 e. The lowest BCUT2D eigenvalue weighted by atomic mass is 10.0. The molecule has 0 aliphatic rings. The number of hydrogen-bond donors (Lipinski definition) is 1. The molecule has 0 saturated carbocycles. The molecular formula is C14H17Cl2FO4S. The monoisotopic (exact) mass is 370 g/mol. The fourth-order valence-electron chi connectivity index (χ4n) is 2.02. The number of hydrogen-bond acceptors (Lipinski definition) is 3. The van der Waals surface area contributed by atoms with Crippen LogP contribution in [0.2, 0.25) is 0 Å². The molecule has 0 saturated heterocycles. The molecule has 4 nitrogen and oxygen atoms in total. The van der Waals surface area contributed by atoms with Crippen LogP contribution in [0.3, 0.4) is 0 Å². The van der Waals surface area contributed by atoms with Crippen molar-refractivity contribution < 1.29 is 22.7 Å². The first kappa shape index (κ1) is 19.2. The molecular weight excluding hydrogens is 354 g/mol. The van der Waals surface area contributed by atoms with Gasteiger partial charge in [-0.1, -0.05) is 36.2 Å². The molecule has 0 amide bonds. The van der Waals surface area contributed by atoms with Crippen LogP contribution in [0.25, 0.3) is 0 Å². The molecule has 124 valence electrons. The second kappa shape index (κ2) is 5.98. The second-order valence-corrected chi connectivity index (χ2v) is 9.62. The summed E-state index contributed by atoms with van der Waals surface area (Å²) in [6.07, 6.45) is 0.0734. The van der Waals surface area contributed by atoms with E-state index in [0.717, 1.165) is 12.1 Å². The number of benzene rings is 1. The third-order valence-electron chi connectivity index (χ3n) is 3.22. The first-order chi connectivity index (χ1) is 9.75. The molecule has 1 aromatic carbocycles. The van der Waals surface area contributed by atoms with Gasteiger partial charge in [-0.3, -0.25) is 0 Å². The Morgan fingerprint density at radius 2 is 1.77 bits per heavy atom. The normalized spacial score (nSPS) is 13.2. The van der Waals surface area contributed by atoms with Gasteiger partial charge in [0.25, 0.3) is 4.59 Å². The summed E-state index contributed by atoms with van der Waals surface area (Å²) in [5, 5.41) is 9.23. The van der Waals surface area contributed by atoms with E-state index in [9.17, 15) is 22.7 Å². The van der Waals surface area contributed by atoms with Gasteiger partial charge in [-0.2, -0.15) is 0 Å². The van der Waals surface area contributed by atoms with Crippen molar-refractivity contribution in [2.24, 2.45) is 0 Å². The van der Waals surface area contributed by atoms with Crippen molar-refractivity contribution in [2.45, 2.75) is 48.3 Å². The predicted octanol–water partition coefficient (Wildman–Crippen LogP) is 4.08. The van der Waals surface area contributed by atoms with Crippen molar-refractivity contribution in [1.82, 2.24) is 0 Å². The Morgan fingerprint density at radius 1 is 1.27 bits per heavy atom. The minimum Gasteiger partial charge on any atom is -0.478 e. The van der Waals surface area contributed by atoms with Gasteiger partial charge >= 0.3 is 5.97 Å². The second-order valence-electron chi connectivity index (χ2n) is 5.74. The highest BCUT2D eigenvalue weighted by atomic mass is 35.5. The molecule has 0 fully saturated rings. The number of alkyl halides is 3. The number of aromatic carboxylic acids is 1. The minimum atomic E-state index is -4.06. The lowest BCUT2D eigenvalue weighted by molar-refractivity contribution is 0.0695. The summed E-state index contributed by atoms with van der Waals surface area (Å²) < 4.78 is 35.4. The van der Waals surface area contributed by atoms with E-state index >= 15 is 0 Å². The molecule has 0 heterocycles. The van der Waals surface area contributed by atoms with Crippen molar-refractivity contribution in [3.05, 3.63) is 28.8 Å². The van der Waals surface area contributed by atoms with Crippen LogP contribution in [-0.4, -0.2) is 24.2 Å². The molecule has 0 unspecified atom stereocenters. The van der Waals surface area contributed by atoms with Crippen LogP contribution in [-0.2, 0) is 20.8 Å². The average molecular weight is 371 g/mol. The van der Waals surface area contributed by atoms with Crippen LogP contribution in [0.5, 0.6) is 0 Å². The van der Waals surface area contributed by atoms with E-state index in [-0.39, 0.29) is 17.5 Å². The molecule has 0 aliphatic carbocycles. The Balaban J connectivity index is 4.01. The van der Waals surface area contributed by atoms with E-state index in [4.69, 9.17) is 23.2 Å². The zero-order valence-electron chi connectivity index (χ0n) is 12.6. The lowest BCUT2D eigenvalue weighted by Crippen LogP contribution is -2.31. The third kappa shape index (κ3) is 3.39. The molecule has 0 bridgehead atoms. The number of halogens is 3. The minimum absolute atomic E-state index is 0.0109. The fraction of sp³-hybridized carbons (Fsp3) is 0.500. The van der Waals surface area contributed by atoms with Crippen molar-refractivity contribution in [3.8, 4) is 0 Å². The molecule has 1 rings (SSSR count). The highest BCUT2D eigenvalue weighted by Gasteiger charge is 2.41. The lowest BCUT2D eigenvalue weighted by Gasteiger charge is -2.26. The molecule has 1 N–H and O–H groups in total. The number of carboxylic acid groups (broad SMARTS) is 1. The maximum atomic E-state index is 14.1. The van der Waals surface area contributed by atoms with Crippen LogP contribution in [0, 0.1) is 0 Å². The summed E-state index contributed by atoms with van der Waals surface area (Å²) in [5.41, 5.74) is -0.692. The van der Waals surface area contributed by atoms with Crippen LogP contribution in [0.1, 0.15) is 49.2 Å². The molecule has 1 aromatic rings. The smallest absolute Gasteiger partial charge is 0.336 e. The maximum Gasteiger partial charge on any atom is 0.336 e. The topological polar surface area (TPSA) is 71.4 Å². The average Bonchev–Trinajstić information content (AvgIpc) is 2.34. The van der Waals surface area contributed by atoms with Gasteiger partial charge < -0.3 is 5.11 Å². The van der Waals surface area contributed by atoms with Crippen molar-refractivity contribution >= 4 is 39.0 Å². The zero-order valence-corrected chi connectivity index (χ0v) is 14.9. The maximum absolute atomic E-state index is 14.1. The highest BCUT2D eigenvalue weighted by molar-refractivity contribution is 7.92. The van der Waals surface area contributed by atoms with Gasteiger partial charge in [-0.25, -0.2) is 17.6 Å². The number of sulfone groups is 1. The summed E-state index contributed by atoms with van der Waals surface area (Å²) in [6.45, 7) is 5.87. The van der Waals surface area contributed by atoms with E-state index in [0.29, 0.717) is 0 Å². The van der Waals surface area contributed by atoms with Gasteiger partial charge in [-0.15, -0.1) is 0 Å². The van der Waals surface area contributed by atoms with Crippen LogP contribution >= 0.6 is 23.2 Å². The highest BCUT2D eigenvalue weighted by Crippen LogP contribution is 2.43. The third-order valence-corrected chi connectivity index (χ3v) is 6.25. The standard InChI is InChI=1S/C14H17Cl2FO4S/c1-5-8-9(12(18)19)6-7-10(14(15,16)17)11(8)22(20,21)13(2,3)4/h6-7H,5H2,1-4H3,(H,18,19). The molecule has 22 heavy (non-hydrogen) atoms.